The van der Waals surface area contributed by atoms with E-state index in [0.717, 1.165) is 37.0 Å². The zero-order chi connectivity index (χ0) is 24.5. The molecule has 1 aromatic heterocycles. The van der Waals surface area contributed by atoms with E-state index in [0.29, 0.717) is 18.6 Å². The van der Waals surface area contributed by atoms with Crippen molar-refractivity contribution < 1.29 is 22.0 Å². The molecule has 1 amide bonds. The lowest BCUT2D eigenvalue weighted by Gasteiger charge is -2.26. The standard InChI is InChI=1S/C24H28F2N4O3S/c1-16(2)23(30-15-28-21-12-19(25)20(26)13-22(21)30)24(31)27-14-17-6-8-18(9-7-17)34(32,33)29-10-4-3-5-11-29/h6-9,12-13,15-16,23H,3-5,10-11,14H2,1-2H3,(H,27,31). The van der Waals surface area contributed by atoms with E-state index in [2.05, 4.69) is 10.3 Å². The summed E-state index contributed by atoms with van der Waals surface area (Å²) in [5.74, 6) is -2.45. The third kappa shape index (κ3) is 4.83. The summed E-state index contributed by atoms with van der Waals surface area (Å²) in [5.41, 5.74) is 1.35. The number of imidazole rings is 1. The maximum Gasteiger partial charge on any atom is 0.243 e. The Balaban J connectivity index is 1.47. The third-order valence-corrected chi connectivity index (χ3v) is 8.07. The van der Waals surface area contributed by atoms with Crippen LogP contribution in [0.5, 0.6) is 0 Å². The molecule has 2 heterocycles. The largest absolute Gasteiger partial charge is 0.350 e. The topological polar surface area (TPSA) is 84.3 Å². The number of piperidine rings is 1. The molecule has 182 valence electrons. The Morgan fingerprint density at radius 3 is 2.35 bits per heavy atom. The molecule has 1 aliphatic heterocycles. The van der Waals surface area contributed by atoms with Gasteiger partial charge in [0.15, 0.2) is 11.6 Å². The summed E-state index contributed by atoms with van der Waals surface area (Å²) in [6.45, 7) is 4.99. The Kier molecular flexibility index (Phi) is 6.99. The molecule has 1 fully saturated rings. The molecule has 1 atom stereocenters. The number of carbonyl (C=O) groups excluding carboxylic acids is 1. The Bertz CT molecular complexity index is 1280. The van der Waals surface area contributed by atoms with Crippen LogP contribution in [0.25, 0.3) is 11.0 Å². The first-order valence-corrected chi connectivity index (χ1v) is 12.8. The lowest BCUT2D eigenvalue weighted by molar-refractivity contribution is -0.125. The van der Waals surface area contributed by atoms with Crippen molar-refractivity contribution in [3.05, 3.63) is 59.9 Å². The molecular weight excluding hydrogens is 462 g/mol. The highest BCUT2D eigenvalue weighted by molar-refractivity contribution is 7.89. The minimum atomic E-state index is -3.51. The van der Waals surface area contributed by atoms with Gasteiger partial charge in [-0.05, 0) is 36.5 Å². The second-order valence-corrected chi connectivity index (χ2v) is 10.9. The molecule has 0 radical (unpaired) electrons. The average Bonchev–Trinajstić information content (AvgIpc) is 3.20. The van der Waals surface area contributed by atoms with Crippen molar-refractivity contribution in [2.45, 2.75) is 50.6 Å². The summed E-state index contributed by atoms with van der Waals surface area (Å²) in [6, 6.07) is 7.86. The fraction of sp³-hybridized carbons (Fsp3) is 0.417. The number of rotatable bonds is 7. The van der Waals surface area contributed by atoms with E-state index < -0.39 is 27.7 Å². The molecule has 1 saturated heterocycles. The highest BCUT2D eigenvalue weighted by Crippen LogP contribution is 2.26. The number of fused-ring (bicyclic) bond motifs is 1. The molecule has 2 aromatic carbocycles. The van der Waals surface area contributed by atoms with E-state index >= 15 is 0 Å². The normalized spacial score (nSPS) is 16.1. The summed E-state index contributed by atoms with van der Waals surface area (Å²) >= 11 is 0. The number of hydrogen-bond acceptors (Lipinski definition) is 4. The number of benzene rings is 2. The highest BCUT2D eigenvalue weighted by atomic mass is 32.2. The molecule has 0 saturated carbocycles. The molecule has 3 aromatic rings. The Morgan fingerprint density at radius 2 is 1.71 bits per heavy atom. The summed E-state index contributed by atoms with van der Waals surface area (Å²) in [4.78, 5) is 17.4. The van der Waals surface area contributed by atoms with Gasteiger partial charge in [-0.25, -0.2) is 22.2 Å². The molecule has 4 rings (SSSR count). The van der Waals surface area contributed by atoms with Gasteiger partial charge in [-0.3, -0.25) is 4.79 Å². The zero-order valence-electron chi connectivity index (χ0n) is 19.2. The van der Waals surface area contributed by atoms with Crippen molar-refractivity contribution in [2.75, 3.05) is 13.1 Å². The van der Waals surface area contributed by atoms with E-state index in [1.165, 1.54) is 10.6 Å². The fourth-order valence-electron chi connectivity index (χ4n) is 4.32. The monoisotopic (exact) mass is 490 g/mol. The predicted molar refractivity (Wildman–Crippen MR) is 124 cm³/mol. The summed E-state index contributed by atoms with van der Waals surface area (Å²) in [6.07, 6.45) is 4.19. The van der Waals surface area contributed by atoms with Gasteiger partial charge >= 0.3 is 0 Å². The van der Waals surface area contributed by atoms with Gasteiger partial charge in [-0.1, -0.05) is 32.4 Å². The van der Waals surface area contributed by atoms with Crippen molar-refractivity contribution in [3.63, 3.8) is 0 Å². The number of carbonyl (C=O) groups is 1. The van der Waals surface area contributed by atoms with E-state index in [-0.39, 0.29) is 28.8 Å². The Morgan fingerprint density at radius 1 is 1.06 bits per heavy atom. The van der Waals surface area contributed by atoms with Gasteiger partial charge in [-0.2, -0.15) is 4.31 Å². The third-order valence-electron chi connectivity index (χ3n) is 6.16. The number of nitrogens with zero attached hydrogens (tertiary/aromatic N) is 3. The number of halogens is 2. The van der Waals surface area contributed by atoms with E-state index in [9.17, 15) is 22.0 Å². The van der Waals surface area contributed by atoms with Gasteiger partial charge in [0.1, 0.15) is 6.04 Å². The second kappa shape index (κ2) is 9.79. The number of amides is 1. The first-order chi connectivity index (χ1) is 16.2. The van der Waals surface area contributed by atoms with Crippen LogP contribution in [-0.4, -0.2) is 41.3 Å². The van der Waals surface area contributed by atoms with Crippen LogP contribution in [0, 0.1) is 17.6 Å². The molecular formula is C24H28F2N4O3S. The van der Waals surface area contributed by atoms with Crippen LogP contribution in [0.15, 0.2) is 47.6 Å². The molecule has 0 aliphatic carbocycles. The minimum absolute atomic E-state index is 0.150. The molecule has 0 spiro atoms. The van der Waals surface area contributed by atoms with Crippen LogP contribution in [0.3, 0.4) is 0 Å². The van der Waals surface area contributed by atoms with Crippen molar-refractivity contribution in [3.8, 4) is 0 Å². The Hall–Kier alpha value is -2.85. The fourth-order valence-corrected chi connectivity index (χ4v) is 5.84. The number of nitrogens with one attached hydrogen (secondary N) is 1. The van der Waals surface area contributed by atoms with Crippen molar-refractivity contribution in [2.24, 2.45) is 5.92 Å². The van der Waals surface area contributed by atoms with Crippen LogP contribution >= 0.6 is 0 Å². The summed E-state index contributed by atoms with van der Waals surface area (Å²) < 4.78 is 56.0. The number of sulfonamides is 1. The SMILES string of the molecule is CC(C)C(C(=O)NCc1ccc(S(=O)(=O)N2CCCCC2)cc1)n1cnc2cc(F)c(F)cc21. The summed E-state index contributed by atoms with van der Waals surface area (Å²) in [7, 11) is -3.51. The number of aromatic nitrogens is 2. The molecule has 10 heteroatoms. The molecule has 0 bridgehead atoms. The first-order valence-electron chi connectivity index (χ1n) is 11.4. The van der Waals surface area contributed by atoms with Gasteiger partial charge < -0.3 is 9.88 Å². The van der Waals surface area contributed by atoms with E-state index in [4.69, 9.17) is 0 Å². The van der Waals surface area contributed by atoms with Crippen LogP contribution < -0.4 is 5.32 Å². The Labute approximate surface area is 197 Å². The van der Waals surface area contributed by atoms with Crippen LogP contribution in [0.4, 0.5) is 8.78 Å². The highest BCUT2D eigenvalue weighted by Gasteiger charge is 2.27. The van der Waals surface area contributed by atoms with Gasteiger partial charge in [0.2, 0.25) is 15.9 Å². The van der Waals surface area contributed by atoms with Crippen molar-refractivity contribution >= 4 is 27.0 Å². The minimum Gasteiger partial charge on any atom is -0.350 e. The molecule has 34 heavy (non-hydrogen) atoms. The average molecular weight is 491 g/mol. The quantitative estimate of drug-likeness (QED) is 0.543. The van der Waals surface area contributed by atoms with Crippen molar-refractivity contribution in [1.29, 1.82) is 0 Å². The first kappa shape index (κ1) is 24.3. The van der Waals surface area contributed by atoms with E-state index in [1.54, 1.807) is 28.8 Å². The smallest absolute Gasteiger partial charge is 0.243 e. The zero-order valence-corrected chi connectivity index (χ0v) is 20.0. The molecule has 1 aliphatic rings. The van der Waals surface area contributed by atoms with Gasteiger partial charge in [0.05, 0.1) is 22.3 Å². The molecule has 7 nitrogen and oxygen atoms in total. The maximum atomic E-state index is 13.8. The van der Waals surface area contributed by atoms with Gasteiger partial charge in [-0.15, -0.1) is 0 Å². The van der Waals surface area contributed by atoms with Gasteiger partial charge in [0, 0.05) is 31.8 Å². The van der Waals surface area contributed by atoms with Crippen LogP contribution in [-0.2, 0) is 21.4 Å². The van der Waals surface area contributed by atoms with Gasteiger partial charge in [0.25, 0.3) is 0 Å². The lowest BCUT2D eigenvalue weighted by Crippen LogP contribution is -2.35. The van der Waals surface area contributed by atoms with Crippen LogP contribution in [0.2, 0.25) is 0 Å². The van der Waals surface area contributed by atoms with E-state index in [1.807, 2.05) is 13.8 Å². The number of hydrogen-bond donors (Lipinski definition) is 1. The summed E-state index contributed by atoms with van der Waals surface area (Å²) in [5, 5.41) is 2.87. The molecule has 1 unspecified atom stereocenters. The molecule has 1 N–H and O–H groups in total. The second-order valence-electron chi connectivity index (χ2n) is 8.92. The van der Waals surface area contributed by atoms with Crippen LogP contribution in [0.1, 0.15) is 44.7 Å². The predicted octanol–water partition coefficient (Wildman–Crippen LogP) is 4.00. The lowest BCUT2D eigenvalue weighted by atomic mass is 10.0. The van der Waals surface area contributed by atoms with Crippen molar-refractivity contribution in [1.82, 2.24) is 19.2 Å². The maximum absolute atomic E-state index is 13.8.